The molecule has 0 aliphatic rings. The Labute approximate surface area is 140 Å². The van der Waals surface area contributed by atoms with E-state index in [1.54, 1.807) is 33.3 Å². The molecule has 2 aromatic rings. The molecule has 0 fully saturated rings. The Morgan fingerprint density at radius 2 is 1.76 bits per heavy atom. The van der Waals surface area contributed by atoms with E-state index in [0.29, 0.717) is 27.1 Å². The highest BCUT2D eigenvalue weighted by atomic mass is 79.9. The lowest BCUT2D eigenvalue weighted by atomic mass is 10.0. The second-order valence-electron chi connectivity index (χ2n) is 4.54. The predicted molar refractivity (Wildman–Crippen MR) is 89.2 cm³/mol. The normalized spacial score (nSPS) is 12.1. The maximum Gasteiger partial charge on any atom is 0.141 e. The molecule has 5 heteroatoms. The van der Waals surface area contributed by atoms with Crippen molar-refractivity contribution in [3.05, 3.63) is 57.3 Å². The topological polar surface area (TPSA) is 18.5 Å². The van der Waals surface area contributed by atoms with Gasteiger partial charge >= 0.3 is 0 Å². The zero-order valence-electron chi connectivity index (χ0n) is 11.9. The van der Waals surface area contributed by atoms with Gasteiger partial charge in [0.05, 0.1) is 19.0 Å². The lowest BCUT2D eigenvalue weighted by molar-refractivity contribution is 0.386. The van der Waals surface area contributed by atoms with E-state index in [2.05, 4.69) is 31.9 Å². The van der Waals surface area contributed by atoms with Gasteiger partial charge in [-0.2, -0.15) is 0 Å². The third-order valence-corrected chi connectivity index (χ3v) is 5.02. The van der Waals surface area contributed by atoms with Crippen molar-refractivity contribution in [2.24, 2.45) is 0 Å². The minimum Gasteiger partial charge on any atom is -0.495 e. The number of rotatable bonds is 4. The third kappa shape index (κ3) is 3.09. The van der Waals surface area contributed by atoms with Gasteiger partial charge in [-0.1, -0.05) is 40.2 Å². The van der Waals surface area contributed by atoms with Crippen LogP contribution in [0.25, 0.3) is 0 Å². The molecule has 2 nitrogen and oxygen atoms in total. The number of benzene rings is 2. The van der Waals surface area contributed by atoms with Crippen LogP contribution in [0.5, 0.6) is 11.5 Å². The standard InChI is InChI=1S/C16H15Br2FO2/c1-9-5-4-6-10(15(9)19)13(17)11-7-8-12(20-2)14(18)16(11)21-3/h4-8,13H,1-3H3. The van der Waals surface area contributed by atoms with Crippen LogP contribution in [0.1, 0.15) is 21.5 Å². The summed E-state index contributed by atoms with van der Waals surface area (Å²) in [6.07, 6.45) is 0. The van der Waals surface area contributed by atoms with Crippen molar-refractivity contribution in [2.75, 3.05) is 14.2 Å². The summed E-state index contributed by atoms with van der Waals surface area (Å²) in [5, 5.41) is 0. The molecule has 0 aliphatic heterocycles. The first-order valence-electron chi connectivity index (χ1n) is 6.30. The van der Waals surface area contributed by atoms with Crippen molar-refractivity contribution < 1.29 is 13.9 Å². The van der Waals surface area contributed by atoms with Crippen LogP contribution in [0.3, 0.4) is 0 Å². The summed E-state index contributed by atoms with van der Waals surface area (Å²) in [4.78, 5) is -0.311. The highest BCUT2D eigenvalue weighted by Gasteiger charge is 2.22. The average molecular weight is 418 g/mol. The number of methoxy groups -OCH3 is 2. The van der Waals surface area contributed by atoms with Crippen LogP contribution in [0.4, 0.5) is 4.39 Å². The quantitative estimate of drug-likeness (QED) is 0.620. The van der Waals surface area contributed by atoms with Crippen molar-refractivity contribution in [3.8, 4) is 11.5 Å². The molecule has 0 spiro atoms. The molecule has 0 heterocycles. The van der Waals surface area contributed by atoms with Crippen LogP contribution in [-0.2, 0) is 0 Å². The molecule has 0 radical (unpaired) electrons. The minimum atomic E-state index is -0.311. The molecule has 0 N–H and O–H groups in total. The van der Waals surface area contributed by atoms with Gasteiger partial charge in [0.15, 0.2) is 0 Å². The maximum absolute atomic E-state index is 14.3. The molecule has 1 unspecified atom stereocenters. The summed E-state index contributed by atoms with van der Waals surface area (Å²) >= 11 is 7.03. The van der Waals surface area contributed by atoms with Crippen LogP contribution in [0.2, 0.25) is 0 Å². The Morgan fingerprint density at radius 3 is 2.38 bits per heavy atom. The fourth-order valence-corrected chi connectivity index (χ4v) is 3.55. The molecule has 21 heavy (non-hydrogen) atoms. The highest BCUT2D eigenvalue weighted by molar-refractivity contribution is 9.10. The number of hydrogen-bond donors (Lipinski definition) is 0. The van der Waals surface area contributed by atoms with Crippen LogP contribution in [-0.4, -0.2) is 14.2 Å². The van der Waals surface area contributed by atoms with Crippen LogP contribution in [0, 0.1) is 12.7 Å². The first-order valence-corrected chi connectivity index (χ1v) is 8.01. The summed E-state index contributed by atoms with van der Waals surface area (Å²) in [6, 6.07) is 9.04. The number of alkyl halides is 1. The Bertz CT molecular complexity index is 659. The minimum absolute atomic E-state index is 0.214. The zero-order valence-corrected chi connectivity index (χ0v) is 15.1. The smallest absolute Gasteiger partial charge is 0.141 e. The zero-order chi connectivity index (χ0) is 15.6. The van der Waals surface area contributed by atoms with Crippen LogP contribution < -0.4 is 9.47 Å². The summed E-state index contributed by atoms with van der Waals surface area (Å²) in [6.45, 7) is 1.75. The second-order valence-corrected chi connectivity index (χ2v) is 6.25. The van der Waals surface area contributed by atoms with Gasteiger partial charge in [-0.25, -0.2) is 4.39 Å². The Balaban J connectivity index is 2.56. The lowest BCUT2D eigenvalue weighted by Gasteiger charge is -2.18. The van der Waals surface area contributed by atoms with Gasteiger partial charge in [-0.15, -0.1) is 0 Å². The third-order valence-electron chi connectivity index (χ3n) is 3.28. The van der Waals surface area contributed by atoms with E-state index in [1.807, 2.05) is 18.2 Å². The molecule has 0 aliphatic carbocycles. The average Bonchev–Trinajstić information content (AvgIpc) is 2.49. The Hall–Kier alpha value is -1.07. The van der Waals surface area contributed by atoms with Crippen molar-refractivity contribution >= 4 is 31.9 Å². The highest BCUT2D eigenvalue weighted by Crippen LogP contribution is 2.44. The molecule has 0 amide bonds. The number of aryl methyl sites for hydroxylation is 1. The van der Waals surface area contributed by atoms with E-state index in [0.717, 1.165) is 5.56 Å². The summed E-state index contributed by atoms with van der Waals surface area (Å²) in [7, 11) is 3.17. The van der Waals surface area contributed by atoms with E-state index in [4.69, 9.17) is 9.47 Å². The molecule has 0 aromatic heterocycles. The molecule has 112 valence electrons. The molecule has 0 saturated heterocycles. The first-order chi connectivity index (χ1) is 10.0. The van der Waals surface area contributed by atoms with Gasteiger partial charge in [-0.05, 0) is 34.5 Å². The molecule has 0 saturated carbocycles. The molecular formula is C16H15Br2FO2. The second kappa shape index (κ2) is 6.79. The number of ether oxygens (including phenoxy) is 2. The molecular weight excluding hydrogens is 403 g/mol. The van der Waals surface area contributed by atoms with E-state index >= 15 is 0 Å². The number of halogens is 3. The van der Waals surface area contributed by atoms with Gasteiger partial charge in [0.2, 0.25) is 0 Å². The summed E-state index contributed by atoms with van der Waals surface area (Å²) in [5.41, 5.74) is 2.02. The molecule has 2 rings (SSSR count). The molecule has 0 bridgehead atoms. The Kier molecular flexibility index (Phi) is 5.27. The summed E-state index contributed by atoms with van der Waals surface area (Å²) in [5.74, 6) is 1.07. The summed E-state index contributed by atoms with van der Waals surface area (Å²) < 4.78 is 25.7. The van der Waals surface area contributed by atoms with E-state index in [1.165, 1.54) is 0 Å². The predicted octanol–water partition coefficient (Wildman–Crippen LogP) is 5.40. The molecule has 1 atom stereocenters. The first kappa shape index (κ1) is 16.3. The fraction of sp³-hybridized carbons (Fsp3) is 0.250. The van der Waals surface area contributed by atoms with Crippen LogP contribution >= 0.6 is 31.9 Å². The van der Waals surface area contributed by atoms with Crippen molar-refractivity contribution in [2.45, 2.75) is 11.8 Å². The van der Waals surface area contributed by atoms with E-state index in [-0.39, 0.29) is 10.6 Å². The SMILES string of the molecule is COc1ccc(C(Br)c2cccc(C)c2F)c(OC)c1Br. The van der Waals surface area contributed by atoms with Crippen molar-refractivity contribution in [1.82, 2.24) is 0 Å². The maximum atomic E-state index is 14.3. The number of hydrogen-bond acceptors (Lipinski definition) is 2. The monoisotopic (exact) mass is 416 g/mol. The van der Waals surface area contributed by atoms with Crippen molar-refractivity contribution in [3.63, 3.8) is 0 Å². The van der Waals surface area contributed by atoms with E-state index in [9.17, 15) is 4.39 Å². The largest absolute Gasteiger partial charge is 0.495 e. The van der Waals surface area contributed by atoms with Gasteiger partial charge < -0.3 is 9.47 Å². The van der Waals surface area contributed by atoms with E-state index < -0.39 is 0 Å². The van der Waals surface area contributed by atoms with Gasteiger partial charge in [0.25, 0.3) is 0 Å². The van der Waals surface area contributed by atoms with Gasteiger partial charge in [0.1, 0.15) is 21.8 Å². The lowest BCUT2D eigenvalue weighted by Crippen LogP contribution is -2.02. The van der Waals surface area contributed by atoms with Gasteiger partial charge in [0, 0.05) is 11.1 Å². The van der Waals surface area contributed by atoms with Crippen LogP contribution in [0.15, 0.2) is 34.8 Å². The van der Waals surface area contributed by atoms with Gasteiger partial charge in [-0.3, -0.25) is 0 Å². The van der Waals surface area contributed by atoms with Crippen molar-refractivity contribution in [1.29, 1.82) is 0 Å². The molecule has 2 aromatic carbocycles. The fourth-order valence-electron chi connectivity index (χ4n) is 2.15. The Morgan fingerprint density at radius 1 is 1.05 bits per heavy atom.